The van der Waals surface area contributed by atoms with Crippen molar-refractivity contribution in [3.63, 3.8) is 0 Å². The first kappa shape index (κ1) is 14.9. The molecule has 0 heterocycles. The monoisotopic (exact) mass is 268 g/mol. The molecule has 0 radical (unpaired) electrons. The van der Waals surface area contributed by atoms with E-state index in [1.165, 1.54) is 19.2 Å². The molecule has 7 nitrogen and oxygen atoms in total. The van der Waals surface area contributed by atoms with Crippen LogP contribution in [0.5, 0.6) is 5.75 Å². The van der Waals surface area contributed by atoms with Crippen LogP contribution in [-0.2, 0) is 16.0 Å². The van der Waals surface area contributed by atoms with E-state index in [0.29, 0.717) is 5.56 Å². The minimum atomic E-state index is -0.840. The lowest BCUT2D eigenvalue weighted by atomic mass is 10.1. The molecule has 1 aromatic carbocycles. The van der Waals surface area contributed by atoms with Crippen molar-refractivity contribution in [1.82, 2.24) is 0 Å². The van der Waals surface area contributed by atoms with Gasteiger partial charge in [-0.25, -0.2) is 0 Å². The van der Waals surface area contributed by atoms with Gasteiger partial charge in [0.15, 0.2) is 5.75 Å². The van der Waals surface area contributed by atoms with E-state index >= 15 is 0 Å². The molecule has 19 heavy (non-hydrogen) atoms. The second kappa shape index (κ2) is 6.69. The van der Waals surface area contributed by atoms with E-state index in [0.717, 1.165) is 0 Å². The molecule has 0 saturated carbocycles. The van der Waals surface area contributed by atoms with Crippen LogP contribution in [0.25, 0.3) is 0 Å². The number of esters is 1. The first-order chi connectivity index (χ1) is 8.99. The first-order valence-corrected chi connectivity index (χ1v) is 5.73. The van der Waals surface area contributed by atoms with Crippen molar-refractivity contribution < 1.29 is 19.2 Å². The van der Waals surface area contributed by atoms with Crippen molar-refractivity contribution in [2.75, 3.05) is 13.7 Å². The van der Waals surface area contributed by atoms with Gasteiger partial charge in [0.25, 0.3) is 0 Å². The molecule has 0 fully saturated rings. The number of nitro groups is 1. The number of rotatable bonds is 6. The van der Waals surface area contributed by atoms with Gasteiger partial charge < -0.3 is 15.2 Å². The van der Waals surface area contributed by atoms with Crippen molar-refractivity contribution in [3.05, 3.63) is 33.9 Å². The number of hydrogen-bond donors (Lipinski definition) is 1. The fraction of sp³-hybridized carbons (Fsp3) is 0.417. The molecule has 0 aliphatic carbocycles. The molecule has 7 heteroatoms. The van der Waals surface area contributed by atoms with Gasteiger partial charge in [-0.15, -0.1) is 0 Å². The number of hydrogen-bond acceptors (Lipinski definition) is 6. The van der Waals surface area contributed by atoms with Gasteiger partial charge >= 0.3 is 11.7 Å². The van der Waals surface area contributed by atoms with Gasteiger partial charge in [0.05, 0.1) is 18.6 Å². The molecule has 0 amide bonds. The van der Waals surface area contributed by atoms with E-state index in [9.17, 15) is 14.9 Å². The third kappa shape index (κ3) is 3.92. The summed E-state index contributed by atoms with van der Waals surface area (Å²) >= 11 is 0. The molecule has 1 unspecified atom stereocenters. The summed E-state index contributed by atoms with van der Waals surface area (Å²) in [4.78, 5) is 21.7. The number of carbonyl (C=O) groups excluding carboxylic acids is 1. The van der Waals surface area contributed by atoms with Crippen LogP contribution >= 0.6 is 0 Å². The minimum absolute atomic E-state index is 0.156. The molecule has 0 aromatic heterocycles. The van der Waals surface area contributed by atoms with Crippen LogP contribution in [0.4, 0.5) is 5.69 Å². The average Bonchev–Trinajstić information content (AvgIpc) is 2.38. The summed E-state index contributed by atoms with van der Waals surface area (Å²) in [5.41, 5.74) is 6.08. The standard InChI is InChI=1S/C12H16N2O5/c1-3-19-12(15)9(13)6-8-4-5-11(18-2)10(7-8)14(16)17/h4-5,7,9H,3,6,13H2,1-2H3. The Bertz CT molecular complexity index is 475. The van der Waals surface area contributed by atoms with Crippen LogP contribution in [-0.4, -0.2) is 30.7 Å². The minimum Gasteiger partial charge on any atom is -0.490 e. The lowest BCUT2D eigenvalue weighted by Gasteiger charge is -2.11. The molecule has 0 bridgehead atoms. The van der Waals surface area contributed by atoms with Gasteiger partial charge in [-0.1, -0.05) is 6.07 Å². The van der Waals surface area contributed by atoms with E-state index < -0.39 is 16.9 Å². The third-order valence-electron chi connectivity index (χ3n) is 2.48. The zero-order valence-electron chi connectivity index (χ0n) is 10.8. The molecular formula is C12H16N2O5. The number of ether oxygens (including phenoxy) is 2. The average molecular weight is 268 g/mol. The largest absolute Gasteiger partial charge is 0.490 e. The van der Waals surface area contributed by atoms with Crippen LogP contribution in [0, 0.1) is 10.1 Å². The Morgan fingerprint density at radius 2 is 2.21 bits per heavy atom. The Balaban J connectivity index is 2.88. The highest BCUT2D eigenvalue weighted by Gasteiger charge is 2.19. The molecule has 104 valence electrons. The Morgan fingerprint density at radius 3 is 2.74 bits per heavy atom. The maximum atomic E-state index is 11.4. The number of benzene rings is 1. The second-order valence-electron chi connectivity index (χ2n) is 3.83. The molecule has 0 aliphatic heterocycles. The summed E-state index contributed by atoms with van der Waals surface area (Å²) in [6, 6.07) is 3.61. The normalized spacial score (nSPS) is 11.7. The van der Waals surface area contributed by atoms with Crippen LogP contribution in [0.1, 0.15) is 12.5 Å². The second-order valence-corrected chi connectivity index (χ2v) is 3.83. The van der Waals surface area contributed by atoms with Crippen LogP contribution in [0.2, 0.25) is 0 Å². The number of methoxy groups -OCH3 is 1. The topological polar surface area (TPSA) is 105 Å². The molecule has 1 atom stereocenters. The highest BCUT2D eigenvalue weighted by atomic mass is 16.6. The lowest BCUT2D eigenvalue weighted by molar-refractivity contribution is -0.385. The SMILES string of the molecule is CCOC(=O)C(N)Cc1ccc(OC)c([N+](=O)[O-])c1. The molecule has 0 saturated heterocycles. The predicted molar refractivity (Wildman–Crippen MR) is 68.0 cm³/mol. The van der Waals surface area contributed by atoms with E-state index in [-0.39, 0.29) is 24.5 Å². The van der Waals surface area contributed by atoms with Crippen molar-refractivity contribution in [2.45, 2.75) is 19.4 Å². The molecule has 1 rings (SSSR count). The van der Waals surface area contributed by atoms with Gasteiger partial charge in [-0.3, -0.25) is 14.9 Å². The number of nitrogens with two attached hydrogens (primary N) is 1. The van der Waals surface area contributed by atoms with Crippen molar-refractivity contribution >= 4 is 11.7 Å². The Kier molecular flexibility index (Phi) is 5.25. The zero-order valence-corrected chi connectivity index (χ0v) is 10.8. The Labute approximate surface area is 110 Å². The maximum absolute atomic E-state index is 11.4. The first-order valence-electron chi connectivity index (χ1n) is 5.73. The third-order valence-corrected chi connectivity index (χ3v) is 2.48. The highest BCUT2D eigenvalue weighted by molar-refractivity contribution is 5.76. The predicted octanol–water partition coefficient (Wildman–Crippen LogP) is 1.04. The fourth-order valence-electron chi connectivity index (χ4n) is 1.59. The van der Waals surface area contributed by atoms with Crippen LogP contribution in [0.15, 0.2) is 18.2 Å². The smallest absolute Gasteiger partial charge is 0.323 e. The van der Waals surface area contributed by atoms with Crippen LogP contribution in [0.3, 0.4) is 0 Å². The Hall–Kier alpha value is -2.15. The van der Waals surface area contributed by atoms with Gasteiger partial charge in [0.1, 0.15) is 6.04 Å². The summed E-state index contributed by atoms with van der Waals surface area (Å²) in [6.07, 6.45) is 0.170. The highest BCUT2D eigenvalue weighted by Crippen LogP contribution is 2.27. The lowest BCUT2D eigenvalue weighted by Crippen LogP contribution is -2.34. The van der Waals surface area contributed by atoms with Gasteiger partial charge in [0.2, 0.25) is 0 Å². The summed E-state index contributed by atoms with van der Waals surface area (Å²) in [6.45, 7) is 1.93. The van der Waals surface area contributed by atoms with Crippen molar-refractivity contribution in [1.29, 1.82) is 0 Å². The van der Waals surface area contributed by atoms with Crippen molar-refractivity contribution in [2.24, 2.45) is 5.73 Å². The van der Waals surface area contributed by atoms with Crippen LogP contribution < -0.4 is 10.5 Å². The molecular weight excluding hydrogens is 252 g/mol. The molecule has 1 aromatic rings. The zero-order chi connectivity index (χ0) is 14.4. The fourth-order valence-corrected chi connectivity index (χ4v) is 1.59. The van der Waals surface area contributed by atoms with E-state index in [4.69, 9.17) is 15.2 Å². The van der Waals surface area contributed by atoms with E-state index in [1.54, 1.807) is 13.0 Å². The summed E-state index contributed by atoms with van der Waals surface area (Å²) in [7, 11) is 1.35. The summed E-state index contributed by atoms with van der Waals surface area (Å²) in [5.74, 6) is -0.362. The van der Waals surface area contributed by atoms with Gasteiger partial charge in [-0.2, -0.15) is 0 Å². The number of nitrogens with zero attached hydrogens (tertiary/aromatic N) is 1. The van der Waals surface area contributed by atoms with Gasteiger partial charge in [-0.05, 0) is 25.0 Å². The summed E-state index contributed by atoms with van der Waals surface area (Å²) in [5, 5.41) is 10.9. The molecule has 0 aliphatic rings. The number of nitro benzene ring substituents is 1. The molecule has 2 N–H and O–H groups in total. The van der Waals surface area contributed by atoms with E-state index in [1.807, 2.05) is 0 Å². The quantitative estimate of drug-likeness (QED) is 0.469. The Morgan fingerprint density at radius 1 is 1.53 bits per heavy atom. The number of carbonyl (C=O) groups is 1. The maximum Gasteiger partial charge on any atom is 0.323 e. The molecule has 0 spiro atoms. The van der Waals surface area contributed by atoms with Crippen molar-refractivity contribution in [3.8, 4) is 5.75 Å². The summed E-state index contributed by atoms with van der Waals surface area (Å²) < 4.78 is 9.66. The van der Waals surface area contributed by atoms with E-state index in [2.05, 4.69) is 0 Å². The van der Waals surface area contributed by atoms with Gasteiger partial charge in [0, 0.05) is 6.07 Å².